The van der Waals surface area contributed by atoms with Gasteiger partial charge in [0.25, 0.3) is 5.56 Å². The molecule has 5 nitrogen and oxygen atoms in total. The van der Waals surface area contributed by atoms with E-state index in [9.17, 15) is 4.79 Å². The van der Waals surface area contributed by atoms with E-state index in [0.29, 0.717) is 11.1 Å². The van der Waals surface area contributed by atoms with Crippen molar-refractivity contribution in [2.75, 3.05) is 31.2 Å². The summed E-state index contributed by atoms with van der Waals surface area (Å²) in [7, 11) is 0. The third-order valence-corrected chi connectivity index (χ3v) is 7.25. The molecule has 4 rings (SSSR count). The lowest BCUT2D eigenvalue weighted by molar-refractivity contribution is 0.362. The van der Waals surface area contributed by atoms with Crippen LogP contribution in [0.3, 0.4) is 0 Å². The lowest BCUT2D eigenvalue weighted by Gasteiger charge is -2.17. The Morgan fingerprint density at radius 2 is 2.17 bits per heavy atom. The quantitative estimate of drug-likeness (QED) is 0.513. The van der Waals surface area contributed by atoms with Gasteiger partial charge in [0, 0.05) is 17.2 Å². The van der Waals surface area contributed by atoms with Gasteiger partial charge in [0.05, 0.1) is 5.39 Å². The number of nitrogen functional groups attached to an aromatic ring is 1. The summed E-state index contributed by atoms with van der Waals surface area (Å²) < 4.78 is 1.27. The van der Waals surface area contributed by atoms with Crippen molar-refractivity contribution in [2.24, 2.45) is 5.92 Å². The van der Waals surface area contributed by atoms with Crippen LogP contribution < -0.4 is 11.4 Å². The van der Waals surface area contributed by atoms with Crippen LogP contribution >= 0.6 is 23.1 Å². The van der Waals surface area contributed by atoms with Crippen molar-refractivity contribution in [3.63, 3.8) is 0 Å². The second-order valence-electron chi connectivity index (χ2n) is 7.00. The van der Waals surface area contributed by atoms with E-state index in [-0.39, 0.29) is 5.56 Å². The number of thioether (sulfide) groups is 1. The molecule has 1 unspecified atom stereocenters. The maximum Gasteiger partial charge on any atom is 0.281 e. The van der Waals surface area contributed by atoms with E-state index in [1.165, 1.54) is 41.0 Å². The Balaban J connectivity index is 1.60. The summed E-state index contributed by atoms with van der Waals surface area (Å²) in [6.45, 7) is 5.70. The molecule has 0 saturated carbocycles. The summed E-state index contributed by atoms with van der Waals surface area (Å²) >= 11 is 3.30. The SMILES string of the molecule is CC1CCc2c(sc3nc(SCCN4CCCC4)n(N)c(=O)c23)C1. The van der Waals surface area contributed by atoms with Gasteiger partial charge < -0.3 is 10.7 Å². The lowest BCUT2D eigenvalue weighted by atomic mass is 9.89. The number of thiophene rings is 1. The van der Waals surface area contributed by atoms with Crippen LogP contribution in [0.4, 0.5) is 0 Å². The predicted molar refractivity (Wildman–Crippen MR) is 102 cm³/mol. The zero-order valence-corrected chi connectivity index (χ0v) is 15.7. The molecule has 0 amide bonds. The van der Waals surface area contributed by atoms with Gasteiger partial charge >= 0.3 is 0 Å². The molecule has 3 heterocycles. The zero-order chi connectivity index (χ0) is 16.7. The molecule has 2 N–H and O–H groups in total. The number of aryl methyl sites for hydroxylation is 1. The zero-order valence-electron chi connectivity index (χ0n) is 14.1. The molecule has 130 valence electrons. The van der Waals surface area contributed by atoms with Gasteiger partial charge in [-0.3, -0.25) is 4.79 Å². The Kier molecular flexibility index (Phi) is 4.58. The molecule has 0 bridgehead atoms. The number of rotatable bonds is 4. The van der Waals surface area contributed by atoms with Crippen molar-refractivity contribution in [1.29, 1.82) is 0 Å². The number of hydrogen-bond acceptors (Lipinski definition) is 6. The Hall–Kier alpha value is -1.05. The van der Waals surface area contributed by atoms with Crippen molar-refractivity contribution in [2.45, 2.75) is 44.2 Å². The smallest absolute Gasteiger partial charge is 0.281 e. The van der Waals surface area contributed by atoms with E-state index in [1.807, 2.05) is 0 Å². The minimum absolute atomic E-state index is 0.0734. The average Bonchev–Trinajstić information content (AvgIpc) is 3.18. The first kappa shape index (κ1) is 16.4. The maximum atomic E-state index is 12.8. The first-order valence-electron chi connectivity index (χ1n) is 8.81. The Labute approximate surface area is 150 Å². The summed E-state index contributed by atoms with van der Waals surface area (Å²) in [5.74, 6) is 7.70. The lowest BCUT2D eigenvalue weighted by Crippen LogP contribution is -2.30. The highest BCUT2D eigenvalue weighted by Crippen LogP contribution is 2.36. The molecule has 24 heavy (non-hydrogen) atoms. The fourth-order valence-corrected chi connectivity index (χ4v) is 6.10. The van der Waals surface area contributed by atoms with Gasteiger partial charge in [0.1, 0.15) is 4.83 Å². The van der Waals surface area contributed by atoms with Crippen molar-refractivity contribution in [1.82, 2.24) is 14.6 Å². The van der Waals surface area contributed by atoms with Gasteiger partial charge in [0.2, 0.25) is 0 Å². The Morgan fingerprint density at radius 1 is 1.38 bits per heavy atom. The second-order valence-corrected chi connectivity index (χ2v) is 9.14. The first-order valence-corrected chi connectivity index (χ1v) is 10.6. The molecule has 0 spiro atoms. The summed E-state index contributed by atoms with van der Waals surface area (Å²) in [6, 6.07) is 0. The normalized spacial score (nSPS) is 21.5. The molecule has 2 aromatic heterocycles. The molecule has 0 aromatic carbocycles. The third-order valence-electron chi connectivity index (χ3n) is 5.17. The van der Waals surface area contributed by atoms with Crippen LogP contribution in [-0.2, 0) is 12.8 Å². The van der Waals surface area contributed by atoms with Crippen LogP contribution in [0.5, 0.6) is 0 Å². The number of aromatic nitrogens is 2. The molecule has 1 aliphatic heterocycles. The van der Waals surface area contributed by atoms with Crippen molar-refractivity contribution < 1.29 is 0 Å². The average molecular weight is 365 g/mol. The highest BCUT2D eigenvalue weighted by Gasteiger charge is 2.24. The fourth-order valence-electron chi connectivity index (χ4n) is 3.76. The van der Waals surface area contributed by atoms with Gasteiger partial charge in [-0.1, -0.05) is 18.7 Å². The topological polar surface area (TPSA) is 64.2 Å². The van der Waals surface area contributed by atoms with Gasteiger partial charge in [0.15, 0.2) is 5.16 Å². The molecule has 1 aliphatic carbocycles. The number of fused-ring (bicyclic) bond motifs is 3. The van der Waals surface area contributed by atoms with E-state index in [0.717, 1.165) is 41.8 Å². The van der Waals surface area contributed by atoms with Crippen molar-refractivity contribution in [3.8, 4) is 0 Å². The predicted octanol–water partition coefficient (Wildman–Crippen LogP) is 2.48. The fraction of sp³-hybridized carbons (Fsp3) is 0.647. The van der Waals surface area contributed by atoms with Gasteiger partial charge in [-0.25, -0.2) is 9.66 Å². The van der Waals surface area contributed by atoms with Crippen LogP contribution in [0.15, 0.2) is 9.95 Å². The van der Waals surface area contributed by atoms with Crippen LogP contribution in [0.25, 0.3) is 10.2 Å². The van der Waals surface area contributed by atoms with Crippen molar-refractivity contribution in [3.05, 3.63) is 20.8 Å². The van der Waals surface area contributed by atoms with Crippen LogP contribution in [0.1, 0.15) is 36.6 Å². The van der Waals surface area contributed by atoms with E-state index in [4.69, 9.17) is 10.8 Å². The number of nitrogens with two attached hydrogens (primary N) is 1. The third kappa shape index (κ3) is 2.97. The van der Waals surface area contributed by atoms with Crippen molar-refractivity contribution >= 4 is 33.3 Å². The highest BCUT2D eigenvalue weighted by atomic mass is 32.2. The maximum absolute atomic E-state index is 12.8. The number of hydrogen-bond donors (Lipinski definition) is 1. The molecular formula is C17H24N4OS2. The van der Waals surface area contributed by atoms with E-state index in [2.05, 4.69) is 11.8 Å². The van der Waals surface area contributed by atoms with Crippen LogP contribution in [0.2, 0.25) is 0 Å². The van der Waals surface area contributed by atoms with E-state index >= 15 is 0 Å². The van der Waals surface area contributed by atoms with Gasteiger partial charge in [-0.05, 0) is 56.7 Å². The summed E-state index contributed by atoms with van der Waals surface area (Å²) in [4.78, 5) is 22.2. The minimum Gasteiger partial charge on any atom is -0.334 e. The summed E-state index contributed by atoms with van der Waals surface area (Å²) in [5, 5.41) is 1.42. The standard InChI is InChI=1S/C17H24N4OS2/c1-11-4-5-12-13(10-11)24-15-14(12)16(22)21(18)17(19-15)23-9-8-20-6-2-3-7-20/h11H,2-10,18H2,1H3. The molecule has 2 aromatic rings. The van der Waals surface area contributed by atoms with E-state index < -0.39 is 0 Å². The van der Waals surface area contributed by atoms with Gasteiger partial charge in [-0.2, -0.15) is 0 Å². The van der Waals surface area contributed by atoms with Crippen LogP contribution in [0, 0.1) is 5.92 Å². The molecule has 7 heteroatoms. The van der Waals surface area contributed by atoms with Crippen LogP contribution in [-0.4, -0.2) is 39.9 Å². The Morgan fingerprint density at radius 3 is 2.96 bits per heavy atom. The summed E-state index contributed by atoms with van der Waals surface area (Å²) in [5.41, 5.74) is 1.13. The first-order chi connectivity index (χ1) is 11.6. The second kappa shape index (κ2) is 6.69. The molecule has 2 aliphatic rings. The Bertz CT molecular complexity index is 807. The minimum atomic E-state index is -0.0734. The molecule has 1 fully saturated rings. The molecular weight excluding hydrogens is 340 g/mol. The number of nitrogens with zero attached hydrogens (tertiary/aromatic N) is 3. The molecule has 0 radical (unpaired) electrons. The highest BCUT2D eigenvalue weighted by molar-refractivity contribution is 7.99. The molecule has 1 saturated heterocycles. The largest absolute Gasteiger partial charge is 0.334 e. The monoisotopic (exact) mass is 364 g/mol. The van der Waals surface area contributed by atoms with Gasteiger partial charge in [-0.15, -0.1) is 11.3 Å². The summed E-state index contributed by atoms with van der Waals surface area (Å²) in [6.07, 6.45) is 5.80. The van der Waals surface area contributed by atoms with E-state index in [1.54, 1.807) is 23.1 Å². The molecule has 1 atom stereocenters. The number of likely N-dealkylation sites (tertiary alicyclic amines) is 1.